The molecule has 0 spiro atoms. The number of hydrogen-bond acceptors (Lipinski definition) is 2. The van der Waals surface area contributed by atoms with Gasteiger partial charge in [-0.15, -0.1) is 0 Å². The van der Waals surface area contributed by atoms with Crippen LogP contribution in [-0.4, -0.2) is 15.5 Å². The summed E-state index contributed by atoms with van der Waals surface area (Å²) in [6.07, 6.45) is 3.72. The van der Waals surface area contributed by atoms with Crippen molar-refractivity contribution < 1.29 is 4.79 Å². The largest absolute Gasteiger partial charge is 0.331 e. The summed E-state index contributed by atoms with van der Waals surface area (Å²) < 4.78 is 2.07. The van der Waals surface area contributed by atoms with Crippen molar-refractivity contribution in [2.24, 2.45) is 0 Å². The number of carbonyl (C=O) groups excluding carboxylic acids is 1. The van der Waals surface area contributed by atoms with Crippen LogP contribution < -0.4 is 4.90 Å². The van der Waals surface area contributed by atoms with E-state index in [-0.39, 0.29) is 11.9 Å². The third-order valence-corrected chi connectivity index (χ3v) is 5.28. The predicted octanol–water partition coefficient (Wildman–Crippen LogP) is 4.83. The molecular formula is C22H16ClN3O. The second-order valence-corrected chi connectivity index (χ2v) is 7.04. The van der Waals surface area contributed by atoms with Gasteiger partial charge in [-0.2, -0.15) is 0 Å². The molecule has 0 N–H and O–H groups in total. The van der Waals surface area contributed by atoms with E-state index in [0.29, 0.717) is 11.7 Å². The zero-order valence-electron chi connectivity index (χ0n) is 14.4. The van der Waals surface area contributed by atoms with Gasteiger partial charge in [-0.3, -0.25) is 4.79 Å². The van der Waals surface area contributed by atoms with Crippen LogP contribution in [0.5, 0.6) is 0 Å². The zero-order valence-corrected chi connectivity index (χ0v) is 15.2. The van der Waals surface area contributed by atoms with Gasteiger partial charge in [0.1, 0.15) is 11.2 Å². The van der Waals surface area contributed by atoms with Gasteiger partial charge in [0, 0.05) is 29.2 Å². The second kappa shape index (κ2) is 6.25. The SMILES string of the molecule is O=C1C(n2ccc3ccccc32)c2ccccc2N1Cc1ccc(Cl)nc1. The number of hydrogen-bond donors (Lipinski definition) is 0. The molecule has 0 saturated heterocycles. The zero-order chi connectivity index (χ0) is 18.4. The quantitative estimate of drug-likeness (QED) is 0.482. The molecule has 0 saturated carbocycles. The molecule has 2 aromatic carbocycles. The molecule has 3 heterocycles. The first-order valence-corrected chi connectivity index (χ1v) is 9.16. The highest BCUT2D eigenvalue weighted by Gasteiger charge is 2.38. The van der Waals surface area contributed by atoms with E-state index in [1.54, 1.807) is 12.3 Å². The fourth-order valence-corrected chi connectivity index (χ4v) is 3.92. The Bertz CT molecular complexity index is 1150. The van der Waals surface area contributed by atoms with Gasteiger partial charge in [-0.1, -0.05) is 54.1 Å². The van der Waals surface area contributed by atoms with E-state index < -0.39 is 0 Å². The molecule has 1 amide bonds. The summed E-state index contributed by atoms with van der Waals surface area (Å²) in [7, 11) is 0. The lowest BCUT2D eigenvalue weighted by Gasteiger charge is -2.19. The first-order chi connectivity index (χ1) is 13.2. The standard InChI is InChI=1S/C22H16ClN3O/c23-20-10-9-15(13-24-20)14-26-19-8-4-2-6-17(19)21(22(26)27)25-12-11-16-5-1-3-7-18(16)25/h1-13,21H,14H2. The summed E-state index contributed by atoms with van der Waals surface area (Å²) in [4.78, 5) is 19.4. The molecule has 5 heteroatoms. The molecular weight excluding hydrogens is 358 g/mol. The molecule has 0 fully saturated rings. The van der Waals surface area contributed by atoms with Crippen LogP contribution >= 0.6 is 11.6 Å². The van der Waals surface area contributed by atoms with Crippen molar-refractivity contribution in [3.8, 4) is 0 Å². The van der Waals surface area contributed by atoms with E-state index in [0.717, 1.165) is 27.7 Å². The fraction of sp³-hybridized carbons (Fsp3) is 0.0909. The van der Waals surface area contributed by atoms with Crippen molar-refractivity contribution in [1.29, 1.82) is 0 Å². The Hall–Kier alpha value is -3.11. The molecule has 1 unspecified atom stereocenters. The van der Waals surface area contributed by atoms with E-state index in [1.165, 1.54) is 0 Å². The Morgan fingerprint density at radius 3 is 2.63 bits per heavy atom. The molecule has 27 heavy (non-hydrogen) atoms. The highest BCUT2D eigenvalue weighted by molar-refractivity contribution is 6.29. The molecule has 1 atom stereocenters. The van der Waals surface area contributed by atoms with Crippen molar-refractivity contribution in [2.75, 3.05) is 4.90 Å². The number of halogens is 1. The smallest absolute Gasteiger partial charge is 0.255 e. The van der Waals surface area contributed by atoms with Crippen LogP contribution in [0.15, 0.2) is 79.1 Å². The molecule has 0 aliphatic carbocycles. The Morgan fingerprint density at radius 1 is 0.963 bits per heavy atom. The Kier molecular flexibility index (Phi) is 3.73. The highest BCUT2D eigenvalue weighted by Crippen LogP contribution is 2.40. The summed E-state index contributed by atoms with van der Waals surface area (Å²) in [5.74, 6) is 0.0625. The number of pyridine rings is 1. The lowest BCUT2D eigenvalue weighted by Crippen LogP contribution is -2.30. The van der Waals surface area contributed by atoms with Gasteiger partial charge in [0.2, 0.25) is 0 Å². The summed E-state index contributed by atoms with van der Waals surface area (Å²) in [5, 5.41) is 1.58. The first kappa shape index (κ1) is 16.1. The van der Waals surface area contributed by atoms with Gasteiger partial charge >= 0.3 is 0 Å². The average Bonchev–Trinajstić information content (AvgIpc) is 3.23. The van der Waals surface area contributed by atoms with Crippen LogP contribution in [0.4, 0.5) is 5.69 Å². The number of aromatic nitrogens is 2. The van der Waals surface area contributed by atoms with Crippen LogP contribution in [0.2, 0.25) is 5.15 Å². The molecule has 1 aliphatic rings. The van der Waals surface area contributed by atoms with E-state index in [2.05, 4.69) is 27.8 Å². The summed E-state index contributed by atoms with van der Waals surface area (Å²) in [6, 6.07) is 21.5. The van der Waals surface area contributed by atoms with Crippen LogP contribution in [0.3, 0.4) is 0 Å². The molecule has 0 bridgehead atoms. The van der Waals surface area contributed by atoms with Crippen LogP contribution in [0, 0.1) is 0 Å². The van der Waals surface area contributed by atoms with Crippen molar-refractivity contribution in [2.45, 2.75) is 12.6 Å². The molecule has 1 aliphatic heterocycles. The lowest BCUT2D eigenvalue weighted by atomic mass is 10.1. The number of amides is 1. The van der Waals surface area contributed by atoms with Gasteiger partial charge in [-0.25, -0.2) is 4.98 Å². The van der Waals surface area contributed by atoms with Gasteiger partial charge in [0.25, 0.3) is 5.91 Å². The minimum Gasteiger partial charge on any atom is -0.331 e. The van der Waals surface area contributed by atoms with Gasteiger partial charge < -0.3 is 9.47 Å². The number of rotatable bonds is 3. The molecule has 4 nitrogen and oxygen atoms in total. The van der Waals surface area contributed by atoms with Crippen molar-refractivity contribution in [3.05, 3.63) is 95.4 Å². The second-order valence-electron chi connectivity index (χ2n) is 6.66. The number of nitrogens with zero attached hydrogens (tertiary/aromatic N) is 3. The van der Waals surface area contributed by atoms with E-state index in [1.807, 2.05) is 53.6 Å². The van der Waals surface area contributed by atoms with Crippen LogP contribution in [0.1, 0.15) is 17.2 Å². The Balaban J connectivity index is 1.60. The maximum Gasteiger partial charge on any atom is 0.255 e. The predicted molar refractivity (Wildman–Crippen MR) is 107 cm³/mol. The maximum absolute atomic E-state index is 13.4. The lowest BCUT2D eigenvalue weighted by molar-refractivity contribution is -0.119. The third kappa shape index (κ3) is 2.61. The number of benzene rings is 2. The fourth-order valence-electron chi connectivity index (χ4n) is 3.81. The number of fused-ring (bicyclic) bond motifs is 2. The summed E-state index contributed by atoms with van der Waals surface area (Å²) in [5.41, 5.74) is 3.97. The highest BCUT2D eigenvalue weighted by atomic mass is 35.5. The normalized spacial score (nSPS) is 16.1. The van der Waals surface area contributed by atoms with Gasteiger partial charge in [-0.05, 0) is 35.2 Å². The summed E-state index contributed by atoms with van der Waals surface area (Å²) >= 11 is 5.89. The first-order valence-electron chi connectivity index (χ1n) is 8.79. The average molecular weight is 374 g/mol. The van der Waals surface area contributed by atoms with Crippen molar-refractivity contribution in [3.63, 3.8) is 0 Å². The molecule has 5 rings (SSSR count). The monoisotopic (exact) mass is 373 g/mol. The Morgan fingerprint density at radius 2 is 1.78 bits per heavy atom. The topological polar surface area (TPSA) is 38.1 Å². The maximum atomic E-state index is 13.4. The van der Waals surface area contributed by atoms with E-state index in [4.69, 9.17) is 11.6 Å². The number of para-hydroxylation sites is 2. The molecule has 4 aromatic rings. The minimum absolute atomic E-state index is 0.0625. The molecule has 132 valence electrons. The third-order valence-electron chi connectivity index (χ3n) is 5.06. The Labute approximate surface area is 161 Å². The van der Waals surface area contributed by atoms with Gasteiger partial charge in [0.05, 0.1) is 6.54 Å². The van der Waals surface area contributed by atoms with Crippen LogP contribution in [0.25, 0.3) is 10.9 Å². The summed E-state index contributed by atoms with van der Waals surface area (Å²) in [6.45, 7) is 0.468. The molecule has 0 radical (unpaired) electrons. The van der Waals surface area contributed by atoms with Gasteiger partial charge in [0.15, 0.2) is 0 Å². The number of anilines is 1. The number of carbonyl (C=O) groups is 1. The minimum atomic E-state index is -0.360. The molecule has 2 aromatic heterocycles. The van der Waals surface area contributed by atoms with Crippen molar-refractivity contribution in [1.82, 2.24) is 9.55 Å². The van der Waals surface area contributed by atoms with E-state index >= 15 is 0 Å². The van der Waals surface area contributed by atoms with Crippen LogP contribution in [-0.2, 0) is 11.3 Å². The van der Waals surface area contributed by atoms with Crippen molar-refractivity contribution >= 4 is 34.1 Å². The van der Waals surface area contributed by atoms with E-state index in [9.17, 15) is 4.79 Å².